The number of rotatable bonds is 4. The van der Waals surface area contributed by atoms with Crippen LogP contribution in [0.5, 0.6) is 0 Å². The highest BCUT2D eigenvalue weighted by molar-refractivity contribution is 4.95. The molecule has 0 bridgehead atoms. The number of hydrogen-bond acceptors (Lipinski definition) is 5. The fourth-order valence-electron chi connectivity index (χ4n) is 1.99. The second-order valence-corrected chi connectivity index (χ2v) is 5.27. The molecule has 17 heavy (non-hydrogen) atoms. The van der Waals surface area contributed by atoms with E-state index in [1.807, 2.05) is 27.7 Å². The lowest BCUT2D eigenvalue weighted by molar-refractivity contribution is -0.248. The van der Waals surface area contributed by atoms with Crippen LogP contribution in [0.3, 0.4) is 0 Å². The molecule has 0 aromatic heterocycles. The maximum atomic E-state index is 10.1. The van der Waals surface area contributed by atoms with Crippen LogP contribution in [0.25, 0.3) is 0 Å². The van der Waals surface area contributed by atoms with Gasteiger partial charge in [-0.2, -0.15) is 0 Å². The van der Waals surface area contributed by atoms with Crippen molar-refractivity contribution >= 4 is 0 Å². The second-order valence-electron chi connectivity index (χ2n) is 5.27. The third-order valence-electron chi connectivity index (χ3n) is 3.14. The number of hydrogen-bond donors (Lipinski definition) is 2. The molecule has 1 aliphatic rings. The molecular weight excluding hydrogens is 224 g/mol. The van der Waals surface area contributed by atoms with Crippen LogP contribution in [0, 0.1) is 0 Å². The summed E-state index contributed by atoms with van der Waals surface area (Å²) in [6.45, 7) is 7.65. The van der Waals surface area contributed by atoms with Gasteiger partial charge in [0.1, 0.15) is 24.4 Å². The van der Waals surface area contributed by atoms with Gasteiger partial charge in [0.25, 0.3) is 0 Å². The average molecular weight is 248 g/mol. The molecule has 0 amide bonds. The molecule has 1 rings (SSSR count). The standard InChI is InChI=1S/C12H24O5/c1-7(2)17-8-6-16-11(10(14)9(8)13)12(3,4)15-5/h7-11,13-14H,6H2,1-5H3/t8-,9?,10?,11?/m1/s1. The molecule has 1 fully saturated rings. The number of aliphatic hydroxyl groups excluding tert-OH is 2. The molecule has 4 atom stereocenters. The van der Waals surface area contributed by atoms with Crippen molar-refractivity contribution < 1.29 is 24.4 Å². The highest BCUT2D eigenvalue weighted by Crippen LogP contribution is 2.28. The van der Waals surface area contributed by atoms with Gasteiger partial charge in [-0.25, -0.2) is 0 Å². The lowest BCUT2D eigenvalue weighted by atomic mass is 9.89. The largest absolute Gasteiger partial charge is 0.388 e. The van der Waals surface area contributed by atoms with Crippen molar-refractivity contribution in [3.63, 3.8) is 0 Å². The first-order chi connectivity index (χ1) is 7.79. The van der Waals surface area contributed by atoms with Crippen molar-refractivity contribution in [2.24, 2.45) is 0 Å². The molecule has 102 valence electrons. The smallest absolute Gasteiger partial charge is 0.114 e. The van der Waals surface area contributed by atoms with Crippen molar-refractivity contribution in [2.75, 3.05) is 13.7 Å². The lowest BCUT2D eigenvalue weighted by Gasteiger charge is -2.44. The highest BCUT2D eigenvalue weighted by Gasteiger charge is 2.46. The summed E-state index contributed by atoms with van der Waals surface area (Å²) in [5, 5.41) is 20.1. The van der Waals surface area contributed by atoms with E-state index in [4.69, 9.17) is 14.2 Å². The maximum Gasteiger partial charge on any atom is 0.114 e. The van der Waals surface area contributed by atoms with Gasteiger partial charge in [0.2, 0.25) is 0 Å². The van der Waals surface area contributed by atoms with Crippen molar-refractivity contribution in [1.29, 1.82) is 0 Å². The zero-order valence-corrected chi connectivity index (χ0v) is 11.2. The summed E-state index contributed by atoms with van der Waals surface area (Å²) >= 11 is 0. The van der Waals surface area contributed by atoms with Crippen LogP contribution in [0.4, 0.5) is 0 Å². The van der Waals surface area contributed by atoms with E-state index in [-0.39, 0.29) is 12.7 Å². The first kappa shape index (κ1) is 14.9. The molecule has 1 saturated heterocycles. The Morgan fingerprint density at radius 1 is 1.24 bits per heavy atom. The van der Waals surface area contributed by atoms with Crippen molar-refractivity contribution in [2.45, 2.75) is 63.8 Å². The van der Waals surface area contributed by atoms with Crippen LogP contribution < -0.4 is 0 Å². The van der Waals surface area contributed by atoms with Gasteiger partial charge in [0.05, 0.1) is 18.3 Å². The molecule has 3 unspecified atom stereocenters. The maximum absolute atomic E-state index is 10.1. The van der Waals surface area contributed by atoms with Crippen LogP contribution in [0.1, 0.15) is 27.7 Å². The second kappa shape index (κ2) is 5.63. The Labute approximate surface area is 103 Å². The van der Waals surface area contributed by atoms with Crippen molar-refractivity contribution in [1.82, 2.24) is 0 Å². The molecule has 0 saturated carbocycles. The normalized spacial score (nSPS) is 35.3. The summed E-state index contributed by atoms with van der Waals surface area (Å²) in [5.74, 6) is 0. The van der Waals surface area contributed by atoms with Gasteiger partial charge >= 0.3 is 0 Å². The van der Waals surface area contributed by atoms with Gasteiger partial charge in [-0.15, -0.1) is 0 Å². The zero-order valence-electron chi connectivity index (χ0n) is 11.2. The molecule has 0 spiro atoms. The predicted octanol–water partition coefficient (Wildman–Crippen LogP) is 0.326. The molecule has 5 nitrogen and oxygen atoms in total. The van der Waals surface area contributed by atoms with E-state index in [2.05, 4.69) is 0 Å². The summed E-state index contributed by atoms with van der Waals surface area (Å²) in [6.07, 6.45) is -3.03. The minimum Gasteiger partial charge on any atom is -0.388 e. The van der Waals surface area contributed by atoms with Gasteiger partial charge in [-0.1, -0.05) is 0 Å². The molecule has 0 aliphatic carbocycles. The Hall–Kier alpha value is -0.200. The topological polar surface area (TPSA) is 68.2 Å². The molecule has 0 radical (unpaired) electrons. The minimum atomic E-state index is -1.01. The van der Waals surface area contributed by atoms with Gasteiger partial charge < -0.3 is 24.4 Å². The van der Waals surface area contributed by atoms with Crippen molar-refractivity contribution in [3.8, 4) is 0 Å². The van der Waals surface area contributed by atoms with E-state index in [1.165, 1.54) is 0 Å². The van der Waals surface area contributed by atoms with Crippen LogP contribution in [-0.2, 0) is 14.2 Å². The highest BCUT2D eigenvalue weighted by atomic mass is 16.6. The van der Waals surface area contributed by atoms with Crippen LogP contribution in [0.15, 0.2) is 0 Å². The van der Waals surface area contributed by atoms with Crippen LogP contribution in [-0.4, -0.2) is 60.1 Å². The lowest BCUT2D eigenvalue weighted by Crippen LogP contribution is -2.61. The van der Waals surface area contributed by atoms with Gasteiger partial charge in [0, 0.05) is 7.11 Å². The number of methoxy groups -OCH3 is 1. The zero-order chi connectivity index (χ0) is 13.2. The predicted molar refractivity (Wildman–Crippen MR) is 62.9 cm³/mol. The van der Waals surface area contributed by atoms with E-state index >= 15 is 0 Å². The van der Waals surface area contributed by atoms with Crippen molar-refractivity contribution in [3.05, 3.63) is 0 Å². The minimum absolute atomic E-state index is 0.0163. The van der Waals surface area contributed by atoms with E-state index in [0.717, 1.165) is 0 Å². The molecule has 2 N–H and O–H groups in total. The monoisotopic (exact) mass is 248 g/mol. The van der Waals surface area contributed by atoms with Gasteiger partial charge in [0.15, 0.2) is 0 Å². The Morgan fingerprint density at radius 3 is 2.29 bits per heavy atom. The molecular formula is C12H24O5. The summed E-state index contributed by atoms with van der Waals surface area (Å²) in [5.41, 5.74) is -0.650. The fraction of sp³-hybridized carbons (Fsp3) is 1.00. The Balaban J connectivity index is 2.68. The fourth-order valence-corrected chi connectivity index (χ4v) is 1.99. The Kier molecular flexibility index (Phi) is 4.92. The SMILES string of the molecule is COC(C)(C)C1OC[C@@H](OC(C)C)C(O)C1O. The summed E-state index contributed by atoms with van der Waals surface area (Å²) < 4.78 is 16.3. The van der Waals surface area contributed by atoms with E-state index in [9.17, 15) is 10.2 Å². The molecule has 1 heterocycles. The molecule has 1 aliphatic heterocycles. The Bertz CT molecular complexity index is 241. The number of aliphatic hydroxyl groups is 2. The molecule has 0 aromatic carbocycles. The number of ether oxygens (including phenoxy) is 3. The third kappa shape index (κ3) is 3.39. The summed E-state index contributed by atoms with van der Waals surface area (Å²) in [7, 11) is 1.55. The van der Waals surface area contributed by atoms with E-state index < -0.39 is 30.0 Å². The van der Waals surface area contributed by atoms with Gasteiger partial charge in [-0.3, -0.25) is 0 Å². The third-order valence-corrected chi connectivity index (χ3v) is 3.14. The van der Waals surface area contributed by atoms with Crippen LogP contribution >= 0.6 is 0 Å². The quantitative estimate of drug-likeness (QED) is 0.750. The van der Waals surface area contributed by atoms with Gasteiger partial charge in [-0.05, 0) is 27.7 Å². The van der Waals surface area contributed by atoms with Crippen LogP contribution in [0.2, 0.25) is 0 Å². The van der Waals surface area contributed by atoms with E-state index in [1.54, 1.807) is 7.11 Å². The first-order valence-corrected chi connectivity index (χ1v) is 5.98. The molecule has 5 heteroatoms. The Morgan fingerprint density at radius 2 is 1.82 bits per heavy atom. The summed E-state index contributed by atoms with van der Waals surface area (Å²) in [4.78, 5) is 0. The first-order valence-electron chi connectivity index (χ1n) is 5.98. The molecule has 0 aromatic rings. The van der Waals surface area contributed by atoms with E-state index in [0.29, 0.717) is 0 Å². The average Bonchev–Trinajstić information content (AvgIpc) is 2.24. The summed E-state index contributed by atoms with van der Waals surface area (Å²) in [6, 6.07) is 0.